The Morgan fingerprint density at radius 2 is 1.70 bits per heavy atom. The Kier molecular flexibility index (Phi) is 8.29. The van der Waals surface area contributed by atoms with Crippen molar-refractivity contribution in [3.05, 3.63) is 97.7 Å². The predicted molar refractivity (Wildman–Crippen MR) is 166 cm³/mol. The summed E-state index contributed by atoms with van der Waals surface area (Å²) in [5.41, 5.74) is 1.82. The van der Waals surface area contributed by atoms with Gasteiger partial charge in [-0.1, -0.05) is 78.1 Å². The lowest BCUT2D eigenvalue weighted by molar-refractivity contribution is -0.147. The number of rotatable bonds is 7. The Balaban J connectivity index is 1.57. The zero-order valence-corrected chi connectivity index (χ0v) is 27.6. The molecule has 3 aromatic rings. The molecule has 40 heavy (non-hydrogen) atoms. The molecule has 0 spiro atoms. The molecule has 2 heterocycles. The fourth-order valence-electron chi connectivity index (χ4n) is 5.40. The third-order valence-corrected chi connectivity index (χ3v) is 14.0. The zero-order chi connectivity index (χ0) is 28.9. The van der Waals surface area contributed by atoms with E-state index in [0.29, 0.717) is 15.6 Å². The third kappa shape index (κ3) is 5.66. The van der Waals surface area contributed by atoms with Gasteiger partial charge in [0, 0.05) is 38.5 Å². The highest BCUT2D eigenvalue weighted by atomic mass is 79.9. The zero-order valence-electron chi connectivity index (χ0n) is 23.5. The Morgan fingerprint density at radius 3 is 2.35 bits per heavy atom. The number of halogens is 3. The molecule has 1 aromatic heterocycles. The highest BCUT2D eigenvalue weighted by molar-refractivity contribution is 9.10. The van der Waals surface area contributed by atoms with Crippen molar-refractivity contribution in [2.24, 2.45) is 0 Å². The molecule has 9 heteroatoms. The molecule has 3 unspecified atom stereocenters. The van der Waals surface area contributed by atoms with Crippen LogP contribution in [0.3, 0.4) is 0 Å². The van der Waals surface area contributed by atoms with Crippen molar-refractivity contribution in [3.63, 3.8) is 0 Å². The highest BCUT2D eigenvalue weighted by Gasteiger charge is 2.54. The summed E-state index contributed by atoms with van der Waals surface area (Å²) in [5.74, 6) is -0.116. The molecule has 0 saturated heterocycles. The topological polar surface area (TPSA) is 51.7 Å². The number of ether oxygens (including phenoxy) is 1. The van der Waals surface area contributed by atoms with Crippen LogP contribution in [0.25, 0.3) is 0 Å². The van der Waals surface area contributed by atoms with Gasteiger partial charge in [0.05, 0.1) is 23.4 Å². The first-order valence-corrected chi connectivity index (χ1v) is 18.1. The number of carbonyl (C=O) groups excluding carboxylic acids is 1. The van der Waals surface area contributed by atoms with E-state index in [4.69, 9.17) is 32.4 Å². The van der Waals surface area contributed by atoms with Gasteiger partial charge in [0.1, 0.15) is 0 Å². The number of nitrogens with zero attached hydrogens (tertiary/aromatic N) is 2. The summed E-state index contributed by atoms with van der Waals surface area (Å²) < 4.78 is 14.8. The van der Waals surface area contributed by atoms with Crippen LogP contribution in [-0.4, -0.2) is 36.3 Å². The number of benzene rings is 2. The van der Waals surface area contributed by atoms with Gasteiger partial charge >= 0.3 is 0 Å². The quantitative estimate of drug-likeness (QED) is 0.237. The minimum atomic E-state index is -1.94. The summed E-state index contributed by atoms with van der Waals surface area (Å²) in [5, 5.41) is 1.29. The van der Waals surface area contributed by atoms with Crippen molar-refractivity contribution in [2.45, 2.75) is 82.6 Å². The molecule has 212 valence electrons. The second-order valence-electron chi connectivity index (χ2n) is 12.3. The summed E-state index contributed by atoms with van der Waals surface area (Å²) in [6.07, 6.45) is 4.17. The first-order chi connectivity index (χ1) is 18.8. The Morgan fingerprint density at radius 1 is 1.02 bits per heavy atom. The lowest BCUT2D eigenvalue weighted by atomic mass is 9.93. The summed E-state index contributed by atoms with van der Waals surface area (Å²) in [6.45, 7) is 11.6. The standard InChI is InChI=1S/C31H35BrCl2N2O3Si/c1-30(2,3)40(4,5)39-26-14-13-25(17-26)38-31(20-6-9-22(33)10-7-20)28-15-8-21(32)16-27(28)29(37)36(31)19-24-12-11-23(34)18-35-24/h6-12,15-16,18,25-26H,13-14,17,19H2,1-5H3. The van der Waals surface area contributed by atoms with Gasteiger partial charge in [0.25, 0.3) is 5.91 Å². The average Bonchev–Trinajstić information content (AvgIpc) is 3.40. The molecule has 5 nitrogen and oxygen atoms in total. The van der Waals surface area contributed by atoms with Crippen LogP contribution in [0.4, 0.5) is 0 Å². The van der Waals surface area contributed by atoms with E-state index in [1.54, 1.807) is 17.2 Å². The maximum Gasteiger partial charge on any atom is 0.257 e. The van der Waals surface area contributed by atoms with Gasteiger partial charge in [0.2, 0.25) is 0 Å². The maximum atomic E-state index is 14.1. The molecule has 2 aromatic carbocycles. The maximum absolute atomic E-state index is 14.1. The van der Waals surface area contributed by atoms with Crippen molar-refractivity contribution in [1.82, 2.24) is 9.88 Å². The first-order valence-electron chi connectivity index (χ1n) is 13.6. The Labute approximate surface area is 256 Å². The number of hydrogen-bond acceptors (Lipinski definition) is 4. The minimum absolute atomic E-state index is 0.103. The second kappa shape index (κ2) is 11.2. The fourth-order valence-corrected chi connectivity index (χ4v) is 7.40. The molecule has 5 rings (SSSR count). The summed E-state index contributed by atoms with van der Waals surface area (Å²) >= 11 is 16.0. The van der Waals surface area contributed by atoms with Gasteiger partial charge in [-0.05, 0) is 73.8 Å². The van der Waals surface area contributed by atoms with E-state index < -0.39 is 14.0 Å². The molecule has 1 aliphatic carbocycles. The molecule has 1 amide bonds. The molecular weight excluding hydrogens is 627 g/mol. The molecule has 0 bridgehead atoms. The molecule has 1 saturated carbocycles. The molecular formula is C31H35BrCl2N2O3Si. The lowest BCUT2D eigenvalue weighted by Crippen LogP contribution is -2.48. The van der Waals surface area contributed by atoms with Crippen molar-refractivity contribution >= 4 is 53.4 Å². The number of pyridine rings is 1. The molecule has 3 atom stereocenters. The van der Waals surface area contributed by atoms with Gasteiger partial charge in [-0.2, -0.15) is 0 Å². The molecule has 1 fully saturated rings. The number of fused-ring (bicyclic) bond motifs is 1. The van der Waals surface area contributed by atoms with Gasteiger partial charge in [-0.15, -0.1) is 0 Å². The smallest absolute Gasteiger partial charge is 0.257 e. The van der Waals surface area contributed by atoms with E-state index in [1.165, 1.54) is 0 Å². The second-order valence-corrected chi connectivity index (χ2v) is 18.8. The van der Waals surface area contributed by atoms with Crippen LogP contribution in [0, 0.1) is 0 Å². The van der Waals surface area contributed by atoms with Gasteiger partial charge in [-0.3, -0.25) is 14.7 Å². The number of aromatic nitrogens is 1. The van der Waals surface area contributed by atoms with Crippen molar-refractivity contribution in [2.75, 3.05) is 0 Å². The van der Waals surface area contributed by atoms with Crippen LogP contribution in [0.15, 0.2) is 65.3 Å². The fraction of sp³-hybridized carbons (Fsp3) is 0.419. The van der Waals surface area contributed by atoms with Crippen LogP contribution in [0.2, 0.25) is 28.2 Å². The minimum Gasteiger partial charge on any atom is -0.414 e. The van der Waals surface area contributed by atoms with Crippen LogP contribution >= 0.6 is 39.1 Å². The van der Waals surface area contributed by atoms with E-state index in [-0.39, 0.29) is 29.7 Å². The van der Waals surface area contributed by atoms with Crippen LogP contribution < -0.4 is 0 Å². The van der Waals surface area contributed by atoms with Crippen LogP contribution in [0.1, 0.15) is 67.2 Å². The number of hydrogen-bond donors (Lipinski definition) is 0. The molecule has 0 radical (unpaired) electrons. The molecule has 1 aliphatic heterocycles. The van der Waals surface area contributed by atoms with E-state index in [0.717, 1.165) is 40.6 Å². The van der Waals surface area contributed by atoms with Gasteiger partial charge in [-0.25, -0.2) is 0 Å². The Bertz CT molecular complexity index is 1400. The summed E-state index contributed by atoms with van der Waals surface area (Å²) in [4.78, 5) is 20.4. The normalized spacial score (nSPS) is 23.1. The van der Waals surface area contributed by atoms with E-state index in [2.05, 4.69) is 54.8 Å². The van der Waals surface area contributed by atoms with E-state index in [9.17, 15) is 4.79 Å². The number of amides is 1. The SMILES string of the molecule is CC(C)(C)[Si](C)(C)OC1CCC(OC2(c3ccc(Cl)cc3)c3ccc(Br)cc3C(=O)N2Cc2ccc(Cl)cn2)C1. The van der Waals surface area contributed by atoms with Gasteiger partial charge in [0.15, 0.2) is 14.0 Å². The Hall–Kier alpha value is -1.74. The van der Waals surface area contributed by atoms with Crippen molar-refractivity contribution in [3.8, 4) is 0 Å². The first kappa shape index (κ1) is 29.7. The monoisotopic (exact) mass is 660 g/mol. The van der Waals surface area contributed by atoms with Crippen LogP contribution in [-0.2, 0) is 21.4 Å². The molecule has 2 aliphatic rings. The van der Waals surface area contributed by atoms with Crippen LogP contribution in [0.5, 0.6) is 0 Å². The predicted octanol–water partition coefficient (Wildman–Crippen LogP) is 8.97. The van der Waals surface area contributed by atoms with E-state index >= 15 is 0 Å². The largest absolute Gasteiger partial charge is 0.414 e. The molecule has 0 N–H and O–H groups in total. The van der Waals surface area contributed by atoms with Crippen molar-refractivity contribution in [1.29, 1.82) is 0 Å². The van der Waals surface area contributed by atoms with Gasteiger partial charge < -0.3 is 9.16 Å². The average molecular weight is 663 g/mol. The van der Waals surface area contributed by atoms with E-state index in [1.807, 2.05) is 48.5 Å². The highest BCUT2D eigenvalue weighted by Crippen LogP contribution is 2.49. The summed E-state index contributed by atoms with van der Waals surface area (Å²) in [7, 11) is -1.94. The third-order valence-electron chi connectivity index (χ3n) is 8.49. The van der Waals surface area contributed by atoms with Crippen molar-refractivity contribution < 1.29 is 14.0 Å². The lowest BCUT2D eigenvalue weighted by Gasteiger charge is -2.41. The number of carbonyl (C=O) groups is 1. The summed E-state index contributed by atoms with van der Waals surface area (Å²) in [6, 6.07) is 17.1.